The second kappa shape index (κ2) is 6.93. The molecule has 0 atom stereocenters. The first kappa shape index (κ1) is 14.4. The second-order valence-electron chi connectivity index (χ2n) is 6.21. The van der Waals surface area contributed by atoms with E-state index in [9.17, 15) is 0 Å². The Morgan fingerprint density at radius 1 is 0.810 bits per heavy atom. The van der Waals surface area contributed by atoms with E-state index in [2.05, 4.69) is 61.9 Å². The lowest BCUT2D eigenvalue weighted by Gasteiger charge is -2.21. The van der Waals surface area contributed by atoms with Gasteiger partial charge in [0.25, 0.3) is 0 Å². The third-order valence-corrected chi connectivity index (χ3v) is 4.65. The Hall–Kier alpha value is -1.56. The molecular formula is C21H25. The van der Waals surface area contributed by atoms with Crippen molar-refractivity contribution in [2.24, 2.45) is 0 Å². The van der Waals surface area contributed by atoms with E-state index in [4.69, 9.17) is 0 Å². The summed E-state index contributed by atoms with van der Waals surface area (Å²) in [4.78, 5) is 0. The van der Waals surface area contributed by atoms with Gasteiger partial charge in [0.05, 0.1) is 0 Å². The molecule has 1 aliphatic carbocycles. The van der Waals surface area contributed by atoms with Crippen LogP contribution in [0.1, 0.15) is 56.1 Å². The molecule has 1 aliphatic rings. The zero-order valence-corrected chi connectivity index (χ0v) is 13.0. The van der Waals surface area contributed by atoms with E-state index >= 15 is 0 Å². The summed E-state index contributed by atoms with van der Waals surface area (Å²) in [7, 11) is 0. The largest absolute Gasteiger partial charge is 0.0651 e. The van der Waals surface area contributed by atoms with E-state index in [0.717, 1.165) is 5.92 Å². The monoisotopic (exact) mass is 277 g/mol. The number of aryl methyl sites for hydroxylation is 1. The van der Waals surface area contributed by atoms with Gasteiger partial charge in [-0.15, -0.1) is 0 Å². The van der Waals surface area contributed by atoms with Crippen molar-refractivity contribution in [2.75, 3.05) is 0 Å². The Balaban J connectivity index is 1.73. The Bertz CT molecular complexity index is 542. The third kappa shape index (κ3) is 3.56. The van der Waals surface area contributed by atoms with Gasteiger partial charge in [0.15, 0.2) is 0 Å². The Labute approximate surface area is 129 Å². The van der Waals surface area contributed by atoms with Gasteiger partial charge in [-0.3, -0.25) is 0 Å². The quantitative estimate of drug-likeness (QED) is 0.627. The van der Waals surface area contributed by atoms with Gasteiger partial charge in [-0.25, -0.2) is 0 Å². The van der Waals surface area contributed by atoms with Crippen LogP contribution in [0, 0.1) is 6.42 Å². The average molecular weight is 277 g/mol. The van der Waals surface area contributed by atoms with Gasteiger partial charge in [-0.05, 0) is 66.7 Å². The normalized spacial score (nSPS) is 16.0. The number of benzene rings is 2. The lowest BCUT2D eigenvalue weighted by molar-refractivity contribution is 0.512. The van der Waals surface area contributed by atoms with Crippen molar-refractivity contribution >= 4 is 0 Å². The van der Waals surface area contributed by atoms with Crippen molar-refractivity contribution in [1.82, 2.24) is 0 Å². The average Bonchev–Trinajstić information content (AvgIpc) is 2.57. The van der Waals surface area contributed by atoms with Crippen molar-refractivity contribution in [3.8, 4) is 11.1 Å². The maximum Gasteiger partial charge on any atom is -0.0162 e. The summed E-state index contributed by atoms with van der Waals surface area (Å²) in [5.74, 6) is 0.774. The van der Waals surface area contributed by atoms with Crippen LogP contribution < -0.4 is 0 Å². The van der Waals surface area contributed by atoms with Crippen LogP contribution in [0.25, 0.3) is 11.1 Å². The van der Waals surface area contributed by atoms with Gasteiger partial charge in [-0.2, -0.15) is 0 Å². The predicted octanol–water partition coefficient (Wildman–Crippen LogP) is 6.17. The van der Waals surface area contributed by atoms with Gasteiger partial charge >= 0.3 is 0 Å². The van der Waals surface area contributed by atoms with E-state index in [1.807, 2.05) is 0 Å². The van der Waals surface area contributed by atoms with Crippen LogP contribution in [0.5, 0.6) is 0 Å². The van der Waals surface area contributed by atoms with Crippen LogP contribution in [0.4, 0.5) is 0 Å². The van der Waals surface area contributed by atoms with Gasteiger partial charge < -0.3 is 0 Å². The molecule has 109 valence electrons. The smallest absolute Gasteiger partial charge is 0.0162 e. The van der Waals surface area contributed by atoms with Crippen molar-refractivity contribution in [3.05, 3.63) is 66.1 Å². The van der Waals surface area contributed by atoms with Gasteiger partial charge in [0.1, 0.15) is 0 Å². The first-order valence-corrected chi connectivity index (χ1v) is 8.38. The molecule has 0 spiro atoms. The van der Waals surface area contributed by atoms with Crippen molar-refractivity contribution in [1.29, 1.82) is 0 Å². The molecule has 0 saturated heterocycles. The molecule has 0 aromatic heterocycles. The molecule has 0 aliphatic heterocycles. The summed E-state index contributed by atoms with van der Waals surface area (Å²) in [6.45, 7) is 2.23. The van der Waals surface area contributed by atoms with Crippen molar-refractivity contribution < 1.29 is 0 Å². The highest BCUT2D eigenvalue weighted by Crippen LogP contribution is 2.33. The van der Waals surface area contributed by atoms with Crippen LogP contribution in [0.3, 0.4) is 0 Å². The van der Waals surface area contributed by atoms with Gasteiger partial charge in [0, 0.05) is 0 Å². The summed E-state index contributed by atoms with van der Waals surface area (Å²) in [5.41, 5.74) is 5.63. The highest BCUT2D eigenvalue weighted by atomic mass is 14.2. The molecular weight excluding hydrogens is 252 g/mol. The van der Waals surface area contributed by atoms with Crippen LogP contribution in [-0.2, 0) is 6.42 Å². The van der Waals surface area contributed by atoms with Gasteiger partial charge in [-0.1, -0.05) is 61.9 Å². The first-order valence-electron chi connectivity index (χ1n) is 8.38. The van der Waals surface area contributed by atoms with E-state index in [1.165, 1.54) is 60.8 Å². The molecule has 0 unspecified atom stereocenters. The molecule has 0 heteroatoms. The minimum Gasteiger partial charge on any atom is -0.0651 e. The molecule has 2 aromatic carbocycles. The van der Waals surface area contributed by atoms with Crippen LogP contribution in [-0.4, -0.2) is 0 Å². The maximum absolute atomic E-state index is 2.43. The molecule has 21 heavy (non-hydrogen) atoms. The van der Waals surface area contributed by atoms with Gasteiger partial charge in [0.2, 0.25) is 0 Å². The van der Waals surface area contributed by atoms with E-state index in [0.29, 0.717) is 0 Å². The van der Waals surface area contributed by atoms with Crippen LogP contribution in [0.15, 0.2) is 48.5 Å². The number of rotatable bonds is 4. The summed E-state index contributed by atoms with van der Waals surface area (Å²) in [6.07, 6.45) is 10.0. The molecule has 3 rings (SSSR count). The Kier molecular flexibility index (Phi) is 4.75. The van der Waals surface area contributed by atoms with Crippen LogP contribution in [0.2, 0.25) is 0 Å². The SMILES string of the molecule is CCCc1ccc(-c2ccc(C3CC[CH]CC3)cc2)cc1. The summed E-state index contributed by atoms with van der Waals surface area (Å²) < 4.78 is 0. The summed E-state index contributed by atoms with van der Waals surface area (Å²) in [6, 6.07) is 18.3. The third-order valence-electron chi connectivity index (χ3n) is 4.65. The molecule has 0 bridgehead atoms. The van der Waals surface area contributed by atoms with Crippen molar-refractivity contribution in [3.63, 3.8) is 0 Å². The topological polar surface area (TPSA) is 0 Å². The Morgan fingerprint density at radius 3 is 1.95 bits per heavy atom. The lowest BCUT2D eigenvalue weighted by Crippen LogP contribution is -2.04. The molecule has 1 saturated carbocycles. The highest BCUT2D eigenvalue weighted by molar-refractivity contribution is 5.64. The minimum absolute atomic E-state index is 0.774. The standard InChI is InChI=1S/C21H25/c1-2-6-17-9-11-19(12-10-17)21-15-13-20(14-16-21)18-7-4-3-5-8-18/h3,9-16,18H,2,4-8H2,1H3. The summed E-state index contributed by atoms with van der Waals surface area (Å²) >= 11 is 0. The predicted molar refractivity (Wildman–Crippen MR) is 91.4 cm³/mol. The molecule has 0 nitrogen and oxygen atoms in total. The zero-order valence-electron chi connectivity index (χ0n) is 13.0. The van der Waals surface area contributed by atoms with Crippen LogP contribution >= 0.6 is 0 Å². The minimum atomic E-state index is 0.774. The van der Waals surface area contributed by atoms with E-state index in [-0.39, 0.29) is 0 Å². The molecule has 0 heterocycles. The molecule has 0 N–H and O–H groups in total. The molecule has 1 radical (unpaired) electrons. The fourth-order valence-electron chi connectivity index (χ4n) is 3.36. The second-order valence-corrected chi connectivity index (χ2v) is 6.21. The lowest BCUT2D eigenvalue weighted by atomic mass is 9.83. The van der Waals surface area contributed by atoms with Crippen molar-refractivity contribution in [2.45, 2.75) is 51.4 Å². The fourth-order valence-corrected chi connectivity index (χ4v) is 3.36. The first-order chi connectivity index (χ1) is 10.4. The van der Waals surface area contributed by atoms with E-state index < -0.39 is 0 Å². The molecule has 1 fully saturated rings. The van der Waals surface area contributed by atoms with E-state index in [1.54, 1.807) is 0 Å². The molecule has 0 amide bonds. The Morgan fingerprint density at radius 2 is 1.38 bits per heavy atom. The fraction of sp³-hybridized carbons (Fsp3) is 0.381. The highest BCUT2D eigenvalue weighted by Gasteiger charge is 2.15. The number of hydrogen-bond acceptors (Lipinski definition) is 0. The zero-order chi connectivity index (χ0) is 14.5. The maximum atomic E-state index is 2.43. The summed E-state index contributed by atoms with van der Waals surface area (Å²) in [5, 5.41) is 0. The molecule has 2 aromatic rings. The number of hydrogen-bond donors (Lipinski definition) is 0.